The highest BCUT2D eigenvalue weighted by Gasteiger charge is 1.77. The summed E-state index contributed by atoms with van der Waals surface area (Å²) >= 11 is 0. The van der Waals surface area contributed by atoms with Crippen molar-refractivity contribution in [1.82, 2.24) is 0 Å². The summed E-state index contributed by atoms with van der Waals surface area (Å²) in [7, 11) is 0. The van der Waals surface area contributed by atoms with Gasteiger partial charge in [0.25, 0.3) is 0 Å². The lowest BCUT2D eigenvalue weighted by atomic mass is 10.4. The molecule has 0 unspecified atom stereocenters. The Morgan fingerprint density at radius 3 is 2.00 bits per heavy atom. The summed E-state index contributed by atoms with van der Waals surface area (Å²) in [6.45, 7) is 1.81. The Balaban J connectivity index is 0.000000218. The number of halogens is 1. The molecule has 0 saturated heterocycles. The van der Waals surface area contributed by atoms with Gasteiger partial charge in [-0.05, 0) is 12.1 Å². The van der Waals surface area contributed by atoms with Crippen molar-refractivity contribution in [3.63, 3.8) is 0 Å². The topological polar surface area (TPSA) is 17.1 Å². The van der Waals surface area contributed by atoms with Crippen molar-refractivity contribution in [2.24, 2.45) is 0 Å². The third kappa shape index (κ3) is 6.71. The lowest BCUT2D eigenvalue weighted by Crippen LogP contribution is -1.63. The maximum atomic E-state index is 11.9. The summed E-state index contributed by atoms with van der Waals surface area (Å²) in [5, 5.41) is 0. The highest BCUT2D eigenvalue weighted by atomic mass is 19.1. The van der Waals surface area contributed by atoms with Gasteiger partial charge in [0.1, 0.15) is 12.1 Å². The summed E-state index contributed by atoms with van der Waals surface area (Å²) < 4.78 is 11.9. The zero-order valence-corrected chi connectivity index (χ0v) is 6.46. The lowest BCUT2D eigenvalue weighted by molar-refractivity contribution is -0.107. The van der Waals surface area contributed by atoms with Crippen LogP contribution in [0.2, 0.25) is 0 Å². The molecule has 0 amide bonds. The van der Waals surface area contributed by atoms with E-state index < -0.39 is 0 Å². The van der Waals surface area contributed by atoms with Crippen LogP contribution in [0.3, 0.4) is 0 Å². The maximum absolute atomic E-state index is 11.9. The molecule has 0 aliphatic rings. The van der Waals surface area contributed by atoms with Crippen LogP contribution in [0.15, 0.2) is 30.3 Å². The van der Waals surface area contributed by atoms with Crippen molar-refractivity contribution < 1.29 is 9.18 Å². The molecular weight excluding hydrogens is 143 g/mol. The minimum absolute atomic E-state index is 0.178. The molecule has 1 aromatic rings. The van der Waals surface area contributed by atoms with E-state index in [1.54, 1.807) is 18.2 Å². The first kappa shape index (κ1) is 9.82. The predicted octanol–water partition coefficient (Wildman–Crippen LogP) is 2.42. The van der Waals surface area contributed by atoms with E-state index >= 15 is 0 Å². The second-order valence-electron chi connectivity index (χ2n) is 1.87. The van der Waals surface area contributed by atoms with Crippen molar-refractivity contribution in [1.29, 1.82) is 0 Å². The van der Waals surface area contributed by atoms with E-state index in [1.807, 2.05) is 6.92 Å². The molecule has 0 spiro atoms. The summed E-state index contributed by atoms with van der Waals surface area (Å²) in [6.07, 6.45) is 1.51. The van der Waals surface area contributed by atoms with Crippen molar-refractivity contribution in [3.8, 4) is 0 Å². The first-order chi connectivity index (χ1) is 5.31. The number of rotatable bonds is 1. The molecule has 2 heteroatoms. The molecule has 0 aliphatic heterocycles. The van der Waals surface area contributed by atoms with E-state index in [1.165, 1.54) is 12.1 Å². The van der Waals surface area contributed by atoms with Gasteiger partial charge in [-0.15, -0.1) is 0 Å². The van der Waals surface area contributed by atoms with Gasteiger partial charge in [-0.25, -0.2) is 4.39 Å². The molecule has 0 fully saturated rings. The van der Waals surface area contributed by atoms with Crippen LogP contribution >= 0.6 is 0 Å². The highest BCUT2D eigenvalue weighted by molar-refractivity contribution is 5.48. The Bertz CT molecular complexity index is 184. The average Bonchev–Trinajstić information content (AvgIpc) is 2.07. The average molecular weight is 154 g/mol. The number of aldehydes is 1. The molecular formula is C9H11FO. The third-order valence-corrected chi connectivity index (χ3v) is 0.900. The van der Waals surface area contributed by atoms with Crippen molar-refractivity contribution in [2.45, 2.75) is 13.3 Å². The number of benzene rings is 1. The smallest absolute Gasteiger partial charge is 0.123 e. The minimum Gasteiger partial charge on any atom is -0.303 e. The maximum Gasteiger partial charge on any atom is 0.123 e. The van der Waals surface area contributed by atoms with Crippen molar-refractivity contribution >= 4 is 6.29 Å². The normalized spacial score (nSPS) is 7.82. The van der Waals surface area contributed by atoms with Gasteiger partial charge in [-0.2, -0.15) is 0 Å². The second-order valence-corrected chi connectivity index (χ2v) is 1.87. The summed E-state index contributed by atoms with van der Waals surface area (Å²) in [4.78, 5) is 9.17. The van der Waals surface area contributed by atoms with Gasteiger partial charge in [0.2, 0.25) is 0 Å². The molecule has 0 aliphatic carbocycles. The van der Waals surface area contributed by atoms with Gasteiger partial charge >= 0.3 is 0 Å². The second kappa shape index (κ2) is 6.93. The van der Waals surface area contributed by atoms with Crippen LogP contribution in [0.25, 0.3) is 0 Å². The first-order valence-corrected chi connectivity index (χ1v) is 3.45. The van der Waals surface area contributed by atoms with E-state index in [-0.39, 0.29) is 5.82 Å². The molecule has 60 valence electrons. The predicted molar refractivity (Wildman–Crippen MR) is 42.8 cm³/mol. The summed E-state index contributed by atoms with van der Waals surface area (Å²) in [5.74, 6) is -0.178. The van der Waals surface area contributed by atoms with Crippen LogP contribution in [-0.2, 0) is 4.79 Å². The highest BCUT2D eigenvalue weighted by Crippen LogP contribution is 1.91. The molecule has 0 aromatic heterocycles. The SMILES string of the molecule is CCC=O.Fc1ccccc1. The van der Waals surface area contributed by atoms with Crippen LogP contribution in [0.4, 0.5) is 4.39 Å². The fourth-order valence-electron chi connectivity index (χ4n) is 0.415. The molecule has 0 bridgehead atoms. The Hall–Kier alpha value is -1.18. The van der Waals surface area contributed by atoms with Crippen LogP contribution in [0.5, 0.6) is 0 Å². The molecule has 0 heterocycles. The number of hydrogen-bond acceptors (Lipinski definition) is 1. The van der Waals surface area contributed by atoms with Gasteiger partial charge in [0.15, 0.2) is 0 Å². The standard InChI is InChI=1S/C6H5F.C3H6O/c7-6-4-2-1-3-5-6;1-2-3-4/h1-5H;3H,2H2,1H3. The van der Waals surface area contributed by atoms with E-state index in [4.69, 9.17) is 0 Å². The molecule has 0 radical (unpaired) electrons. The number of carbonyl (C=O) groups is 1. The van der Waals surface area contributed by atoms with Gasteiger partial charge < -0.3 is 4.79 Å². The van der Waals surface area contributed by atoms with Gasteiger partial charge in [0.05, 0.1) is 0 Å². The third-order valence-electron chi connectivity index (χ3n) is 0.900. The number of hydrogen-bond donors (Lipinski definition) is 0. The van der Waals surface area contributed by atoms with E-state index in [0.717, 1.165) is 6.29 Å². The Labute approximate surface area is 65.9 Å². The van der Waals surface area contributed by atoms with Crippen LogP contribution in [0.1, 0.15) is 13.3 Å². The van der Waals surface area contributed by atoms with Crippen LogP contribution in [-0.4, -0.2) is 6.29 Å². The minimum atomic E-state index is -0.178. The fraction of sp³-hybridized carbons (Fsp3) is 0.222. The molecule has 0 saturated carbocycles. The molecule has 11 heavy (non-hydrogen) atoms. The largest absolute Gasteiger partial charge is 0.303 e. The molecule has 0 atom stereocenters. The molecule has 1 aromatic carbocycles. The van der Waals surface area contributed by atoms with Gasteiger partial charge in [-0.3, -0.25) is 0 Å². The quantitative estimate of drug-likeness (QED) is 0.568. The van der Waals surface area contributed by atoms with Crippen molar-refractivity contribution in [2.75, 3.05) is 0 Å². The summed E-state index contributed by atoms with van der Waals surface area (Å²) in [5.41, 5.74) is 0. The van der Waals surface area contributed by atoms with E-state index in [2.05, 4.69) is 0 Å². The monoisotopic (exact) mass is 154 g/mol. The van der Waals surface area contributed by atoms with E-state index in [0.29, 0.717) is 6.42 Å². The van der Waals surface area contributed by atoms with Crippen LogP contribution < -0.4 is 0 Å². The van der Waals surface area contributed by atoms with Crippen LogP contribution in [0, 0.1) is 5.82 Å². The lowest BCUT2D eigenvalue weighted by Gasteiger charge is -1.78. The Morgan fingerprint density at radius 1 is 1.36 bits per heavy atom. The van der Waals surface area contributed by atoms with Gasteiger partial charge in [-0.1, -0.05) is 25.1 Å². The fourth-order valence-corrected chi connectivity index (χ4v) is 0.415. The zero-order chi connectivity index (χ0) is 8.53. The van der Waals surface area contributed by atoms with E-state index in [9.17, 15) is 9.18 Å². The number of carbonyl (C=O) groups excluding carboxylic acids is 1. The van der Waals surface area contributed by atoms with Gasteiger partial charge in [0, 0.05) is 6.42 Å². The molecule has 1 rings (SSSR count). The molecule has 1 nitrogen and oxygen atoms in total. The Kier molecular flexibility index (Phi) is 6.19. The Morgan fingerprint density at radius 2 is 1.82 bits per heavy atom. The van der Waals surface area contributed by atoms with Crippen molar-refractivity contribution in [3.05, 3.63) is 36.1 Å². The zero-order valence-electron chi connectivity index (χ0n) is 6.46. The summed E-state index contributed by atoms with van der Waals surface area (Å²) in [6, 6.07) is 7.94. The molecule has 0 N–H and O–H groups in total. The first-order valence-electron chi connectivity index (χ1n) is 3.45.